The van der Waals surface area contributed by atoms with Crippen molar-refractivity contribution in [2.24, 2.45) is 11.3 Å². The highest BCUT2D eigenvalue weighted by Gasteiger charge is 2.34. The summed E-state index contributed by atoms with van der Waals surface area (Å²) in [5.41, 5.74) is 3.82. The Balaban J connectivity index is 2.78. The second kappa shape index (κ2) is 8.88. The van der Waals surface area contributed by atoms with Crippen LogP contribution in [0.4, 0.5) is 0 Å². The molecule has 1 aliphatic carbocycles. The molecular weight excluding hydrogens is 280 g/mol. The molecule has 1 heteroatoms. The second-order valence-corrected chi connectivity index (χ2v) is 7.21. The third-order valence-electron chi connectivity index (χ3n) is 4.34. The fraction of sp³-hybridized carbons (Fsp3) is 0.455. The van der Waals surface area contributed by atoms with E-state index >= 15 is 0 Å². The van der Waals surface area contributed by atoms with Crippen molar-refractivity contribution in [1.82, 2.24) is 0 Å². The van der Waals surface area contributed by atoms with E-state index in [2.05, 4.69) is 71.1 Å². The van der Waals surface area contributed by atoms with Crippen LogP contribution < -0.4 is 0 Å². The largest absolute Gasteiger partial charge is 0.389 e. The molecule has 2 unspecified atom stereocenters. The molecule has 0 bridgehead atoms. The van der Waals surface area contributed by atoms with E-state index in [0.717, 1.165) is 6.42 Å². The van der Waals surface area contributed by atoms with Crippen molar-refractivity contribution in [1.29, 1.82) is 0 Å². The summed E-state index contributed by atoms with van der Waals surface area (Å²) in [4.78, 5) is 0. The average molecular weight is 312 g/mol. The van der Waals surface area contributed by atoms with Gasteiger partial charge in [-0.25, -0.2) is 0 Å². The molecule has 126 valence electrons. The lowest BCUT2D eigenvalue weighted by molar-refractivity contribution is 0.117. The fourth-order valence-corrected chi connectivity index (χ4v) is 3.12. The van der Waals surface area contributed by atoms with Crippen LogP contribution in [0, 0.1) is 11.3 Å². The molecule has 1 N–H and O–H groups in total. The van der Waals surface area contributed by atoms with Gasteiger partial charge in [0.05, 0.1) is 6.10 Å². The number of aliphatic hydroxyl groups excluding tert-OH is 1. The monoisotopic (exact) mass is 312 g/mol. The van der Waals surface area contributed by atoms with Gasteiger partial charge in [-0.05, 0) is 39.5 Å². The maximum atomic E-state index is 9.91. The Morgan fingerprint density at radius 3 is 2.35 bits per heavy atom. The standard InChI is InChI=1S/C22H32O/c1-7-8-10-17(2)11-9-12-18(3)13-14-21-19(4)15-20(23)16-22(21,5)6/h7-15,20-21,23H,16H2,1-6H3. The molecule has 0 aliphatic heterocycles. The molecule has 0 saturated heterocycles. The summed E-state index contributed by atoms with van der Waals surface area (Å²) in [7, 11) is 0. The van der Waals surface area contributed by atoms with E-state index in [0.29, 0.717) is 5.92 Å². The summed E-state index contributed by atoms with van der Waals surface area (Å²) in [6.07, 6.45) is 19.5. The molecule has 0 spiro atoms. The van der Waals surface area contributed by atoms with E-state index in [1.54, 1.807) is 0 Å². The number of aliphatic hydroxyl groups is 1. The molecule has 0 heterocycles. The van der Waals surface area contributed by atoms with E-state index in [1.165, 1.54) is 16.7 Å². The summed E-state index contributed by atoms with van der Waals surface area (Å²) in [6, 6.07) is 0. The van der Waals surface area contributed by atoms with Gasteiger partial charge in [-0.15, -0.1) is 0 Å². The van der Waals surface area contributed by atoms with Gasteiger partial charge in [-0.1, -0.05) is 85.3 Å². The van der Waals surface area contributed by atoms with Crippen LogP contribution >= 0.6 is 0 Å². The number of rotatable bonds is 5. The Kier molecular flexibility index (Phi) is 7.51. The molecule has 23 heavy (non-hydrogen) atoms. The fourth-order valence-electron chi connectivity index (χ4n) is 3.12. The van der Waals surface area contributed by atoms with Crippen LogP contribution in [0.5, 0.6) is 0 Å². The highest BCUT2D eigenvalue weighted by Crippen LogP contribution is 2.41. The lowest BCUT2D eigenvalue weighted by atomic mass is 9.67. The molecule has 0 radical (unpaired) electrons. The second-order valence-electron chi connectivity index (χ2n) is 7.21. The minimum Gasteiger partial charge on any atom is -0.389 e. The maximum absolute atomic E-state index is 9.91. The summed E-state index contributed by atoms with van der Waals surface area (Å²) in [5.74, 6) is 0.384. The molecule has 2 atom stereocenters. The van der Waals surface area contributed by atoms with E-state index in [4.69, 9.17) is 0 Å². The average Bonchev–Trinajstić information content (AvgIpc) is 2.43. The summed E-state index contributed by atoms with van der Waals surface area (Å²) >= 11 is 0. The van der Waals surface area contributed by atoms with Gasteiger partial charge in [0, 0.05) is 5.92 Å². The quantitative estimate of drug-likeness (QED) is 0.493. The zero-order valence-corrected chi connectivity index (χ0v) is 15.5. The van der Waals surface area contributed by atoms with Gasteiger partial charge in [0.2, 0.25) is 0 Å². The Labute approximate surface area is 142 Å². The summed E-state index contributed by atoms with van der Waals surface area (Å²) in [5, 5.41) is 9.91. The van der Waals surface area contributed by atoms with Crippen LogP contribution in [-0.2, 0) is 0 Å². The Morgan fingerprint density at radius 1 is 1.13 bits per heavy atom. The zero-order valence-electron chi connectivity index (χ0n) is 15.5. The Morgan fingerprint density at radius 2 is 1.74 bits per heavy atom. The van der Waals surface area contributed by atoms with Crippen LogP contribution in [0.15, 0.2) is 71.4 Å². The normalized spacial score (nSPS) is 26.5. The van der Waals surface area contributed by atoms with Crippen LogP contribution in [0.2, 0.25) is 0 Å². The minimum absolute atomic E-state index is 0.0939. The van der Waals surface area contributed by atoms with Gasteiger partial charge in [-0.3, -0.25) is 0 Å². The summed E-state index contributed by atoms with van der Waals surface area (Å²) < 4.78 is 0. The molecule has 0 aromatic rings. The van der Waals surface area contributed by atoms with E-state index < -0.39 is 0 Å². The van der Waals surface area contributed by atoms with Crippen LogP contribution in [-0.4, -0.2) is 11.2 Å². The third kappa shape index (κ3) is 6.58. The zero-order chi connectivity index (χ0) is 17.5. The Hall–Kier alpha value is -1.60. The Bertz CT molecular complexity index is 565. The van der Waals surface area contributed by atoms with Crippen molar-refractivity contribution >= 4 is 0 Å². The van der Waals surface area contributed by atoms with Crippen LogP contribution in [0.25, 0.3) is 0 Å². The lowest BCUT2D eigenvalue weighted by Gasteiger charge is -2.38. The number of allylic oxidation sites excluding steroid dienone is 11. The van der Waals surface area contributed by atoms with Crippen LogP contribution in [0.1, 0.15) is 48.0 Å². The molecule has 0 fully saturated rings. The van der Waals surface area contributed by atoms with E-state index in [1.807, 2.05) is 25.2 Å². The van der Waals surface area contributed by atoms with Crippen molar-refractivity contribution < 1.29 is 5.11 Å². The van der Waals surface area contributed by atoms with Gasteiger partial charge in [0.15, 0.2) is 0 Å². The molecule has 0 amide bonds. The van der Waals surface area contributed by atoms with E-state index in [-0.39, 0.29) is 11.5 Å². The first kappa shape index (κ1) is 19.4. The molecule has 1 rings (SSSR count). The van der Waals surface area contributed by atoms with Gasteiger partial charge in [0.25, 0.3) is 0 Å². The van der Waals surface area contributed by atoms with Gasteiger partial charge < -0.3 is 5.11 Å². The van der Waals surface area contributed by atoms with Gasteiger partial charge in [0.1, 0.15) is 0 Å². The highest BCUT2D eigenvalue weighted by atomic mass is 16.3. The summed E-state index contributed by atoms with van der Waals surface area (Å²) in [6.45, 7) is 12.8. The lowest BCUT2D eigenvalue weighted by Crippen LogP contribution is -2.32. The number of hydrogen-bond donors (Lipinski definition) is 1. The maximum Gasteiger partial charge on any atom is 0.0729 e. The first-order valence-electron chi connectivity index (χ1n) is 8.45. The molecule has 1 aliphatic rings. The molecule has 0 saturated carbocycles. The van der Waals surface area contributed by atoms with Gasteiger partial charge >= 0.3 is 0 Å². The first-order valence-corrected chi connectivity index (χ1v) is 8.45. The topological polar surface area (TPSA) is 20.2 Å². The van der Waals surface area contributed by atoms with Gasteiger partial charge in [-0.2, -0.15) is 0 Å². The SMILES string of the molecule is CC=CC=C(C)C=CC=C(C)C=CC1C(C)=CC(O)CC1(C)C. The smallest absolute Gasteiger partial charge is 0.0729 e. The molecule has 0 aromatic heterocycles. The molecular formula is C22H32O. The number of hydrogen-bond acceptors (Lipinski definition) is 1. The van der Waals surface area contributed by atoms with Crippen molar-refractivity contribution in [2.45, 2.75) is 54.1 Å². The van der Waals surface area contributed by atoms with Crippen molar-refractivity contribution in [3.05, 3.63) is 71.4 Å². The predicted molar refractivity (Wildman–Crippen MR) is 102 cm³/mol. The van der Waals surface area contributed by atoms with Crippen molar-refractivity contribution in [3.8, 4) is 0 Å². The first-order chi connectivity index (χ1) is 10.8. The minimum atomic E-state index is -0.304. The highest BCUT2D eigenvalue weighted by molar-refractivity contribution is 5.30. The molecule has 1 nitrogen and oxygen atoms in total. The van der Waals surface area contributed by atoms with Crippen molar-refractivity contribution in [3.63, 3.8) is 0 Å². The third-order valence-corrected chi connectivity index (χ3v) is 4.34. The van der Waals surface area contributed by atoms with Crippen molar-refractivity contribution in [2.75, 3.05) is 0 Å². The molecule has 0 aromatic carbocycles. The predicted octanol–water partition coefficient (Wildman–Crippen LogP) is 5.92. The van der Waals surface area contributed by atoms with Crippen LogP contribution in [0.3, 0.4) is 0 Å². The van der Waals surface area contributed by atoms with E-state index in [9.17, 15) is 5.11 Å².